The number of allylic oxidation sites excluding steroid dienone is 9. The van der Waals surface area contributed by atoms with Gasteiger partial charge in [0.05, 0.1) is 17.1 Å². The molecule has 0 radical (unpaired) electrons. The standard InChI is InChI=1S/C29H34N6/c1-7-21(15-24(8-2)34-18(3)4)23-16-25(29(31)33-17-23)27(30)20(6)35-26-13-14-32-28(19(26)5)22-11-9-10-12-22/h7-9,11-18,30,34H,2,6,10H2,1,3-5H3,(H2,31,33)(H,32,35)/b21-7+,24-15+,30-27?. The Labute approximate surface area is 208 Å². The van der Waals surface area contributed by atoms with Crippen molar-refractivity contribution in [2.45, 2.75) is 40.2 Å². The smallest absolute Gasteiger partial charge is 0.132 e. The maximum absolute atomic E-state index is 8.80. The van der Waals surface area contributed by atoms with Gasteiger partial charge in [0, 0.05) is 40.9 Å². The zero-order valence-electron chi connectivity index (χ0n) is 20.9. The van der Waals surface area contributed by atoms with Crippen LogP contribution >= 0.6 is 0 Å². The number of hydrogen-bond donors (Lipinski definition) is 4. The summed E-state index contributed by atoms with van der Waals surface area (Å²) in [6.45, 7) is 16.1. The lowest BCUT2D eigenvalue weighted by Gasteiger charge is -2.17. The predicted molar refractivity (Wildman–Crippen MR) is 149 cm³/mol. The Morgan fingerprint density at radius 2 is 2.06 bits per heavy atom. The number of hydrogen-bond acceptors (Lipinski definition) is 6. The summed E-state index contributed by atoms with van der Waals surface area (Å²) in [5, 5.41) is 15.4. The van der Waals surface area contributed by atoms with Crippen LogP contribution in [0.5, 0.6) is 0 Å². The van der Waals surface area contributed by atoms with Crippen molar-refractivity contribution in [2.24, 2.45) is 0 Å². The first kappa shape index (κ1) is 25.4. The molecule has 6 heteroatoms. The third-order valence-corrected chi connectivity index (χ3v) is 5.65. The van der Waals surface area contributed by atoms with E-state index in [0.717, 1.165) is 45.8 Å². The normalized spacial score (nSPS) is 13.6. The molecule has 0 bridgehead atoms. The average Bonchev–Trinajstić information content (AvgIpc) is 3.37. The van der Waals surface area contributed by atoms with Crippen molar-refractivity contribution in [3.63, 3.8) is 0 Å². The van der Waals surface area contributed by atoms with E-state index in [-0.39, 0.29) is 17.6 Å². The average molecular weight is 467 g/mol. The van der Waals surface area contributed by atoms with Gasteiger partial charge in [-0.25, -0.2) is 4.98 Å². The van der Waals surface area contributed by atoms with Gasteiger partial charge in [-0.15, -0.1) is 0 Å². The summed E-state index contributed by atoms with van der Waals surface area (Å²) in [4.78, 5) is 8.90. The van der Waals surface area contributed by atoms with Gasteiger partial charge in [0.25, 0.3) is 0 Å². The van der Waals surface area contributed by atoms with E-state index in [0.29, 0.717) is 11.3 Å². The van der Waals surface area contributed by atoms with Crippen molar-refractivity contribution < 1.29 is 0 Å². The molecule has 0 unspecified atom stereocenters. The van der Waals surface area contributed by atoms with Gasteiger partial charge in [0.1, 0.15) is 5.82 Å². The van der Waals surface area contributed by atoms with E-state index in [9.17, 15) is 0 Å². The number of nitrogens with two attached hydrogens (primary N) is 1. The lowest BCUT2D eigenvalue weighted by Crippen LogP contribution is -2.20. The zero-order chi connectivity index (χ0) is 25.5. The maximum atomic E-state index is 8.80. The molecule has 2 aromatic rings. The quantitative estimate of drug-likeness (QED) is 0.248. The molecule has 35 heavy (non-hydrogen) atoms. The molecule has 0 fully saturated rings. The van der Waals surface area contributed by atoms with Crippen LogP contribution in [0.2, 0.25) is 0 Å². The van der Waals surface area contributed by atoms with Crippen molar-refractivity contribution >= 4 is 28.4 Å². The van der Waals surface area contributed by atoms with Gasteiger partial charge in [-0.2, -0.15) is 0 Å². The Balaban J connectivity index is 1.87. The number of anilines is 2. The fourth-order valence-corrected chi connectivity index (χ4v) is 3.81. The first-order chi connectivity index (χ1) is 16.7. The molecule has 0 spiro atoms. The summed E-state index contributed by atoms with van der Waals surface area (Å²) >= 11 is 0. The fourth-order valence-electron chi connectivity index (χ4n) is 3.81. The summed E-state index contributed by atoms with van der Waals surface area (Å²) in [5.74, 6) is 0.277. The number of nitrogen functional groups attached to an aromatic ring is 1. The van der Waals surface area contributed by atoms with Gasteiger partial charge in [-0.3, -0.25) is 10.4 Å². The molecule has 5 N–H and O–H groups in total. The van der Waals surface area contributed by atoms with E-state index in [2.05, 4.69) is 65.8 Å². The highest BCUT2D eigenvalue weighted by atomic mass is 14.9. The van der Waals surface area contributed by atoms with Crippen LogP contribution in [0.1, 0.15) is 49.6 Å². The van der Waals surface area contributed by atoms with Crippen LogP contribution in [0.25, 0.3) is 11.1 Å². The molecule has 2 aromatic heterocycles. The van der Waals surface area contributed by atoms with E-state index >= 15 is 0 Å². The zero-order valence-corrected chi connectivity index (χ0v) is 20.9. The van der Waals surface area contributed by atoms with Gasteiger partial charge >= 0.3 is 0 Å². The second kappa shape index (κ2) is 11.3. The molecule has 0 aromatic carbocycles. The summed E-state index contributed by atoms with van der Waals surface area (Å²) in [5.41, 5.74) is 13.9. The Bertz CT molecular complexity index is 1270. The first-order valence-corrected chi connectivity index (χ1v) is 11.7. The van der Waals surface area contributed by atoms with E-state index in [1.165, 1.54) is 0 Å². The Kier molecular flexibility index (Phi) is 8.21. The lowest BCUT2D eigenvalue weighted by atomic mass is 10.0. The molecule has 0 amide bonds. The minimum absolute atomic E-state index is 0.179. The highest BCUT2D eigenvalue weighted by molar-refractivity contribution is 6.14. The molecule has 1 aliphatic carbocycles. The number of nitrogens with zero attached hydrogens (tertiary/aromatic N) is 2. The minimum Gasteiger partial charge on any atom is -0.383 e. The van der Waals surface area contributed by atoms with Crippen molar-refractivity contribution in [3.8, 4) is 0 Å². The highest BCUT2D eigenvalue weighted by Crippen LogP contribution is 2.28. The third-order valence-electron chi connectivity index (χ3n) is 5.65. The summed E-state index contributed by atoms with van der Waals surface area (Å²) in [6, 6.07) is 4.03. The van der Waals surface area contributed by atoms with E-state index in [1.807, 2.05) is 38.1 Å². The Hall–Kier alpha value is -4.19. The van der Waals surface area contributed by atoms with Crippen molar-refractivity contribution in [2.75, 3.05) is 11.1 Å². The minimum atomic E-state index is 0.179. The third kappa shape index (κ3) is 6.03. The Morgan fingerprint density at radius 3 is 2.69 bits per heavy atom. The number of rotatable bonds is 10. The number of aromatic nitrogens is 2. The molecule has 0 atom stereocenters. The van der Waals surface area contributed by atoms with Gasteiger partial charge < -0.3 is 16.4 Å². The van der Waals surface area contributed by atoms with Crippen LogP contribution < -0.4 is 16.4 Å². The lowest BCUT2D eigenvalue weighted by molar-refractivity contribution is 0.682. The molecule has 180 valence electrons. The van der Waals surface area contributed by atoms with Crippen LogP contribution in [0.3, 0.4) is 0 Å². The van der Waals surface area contributed by atoms with Gasteiger partial charge in [-0.1, -0.05) is 37.5 Å². The first-order valence-electron chi connectivity index (χ1n) is 11.7. The summed E-state index contributed by atoms with van der Waals surface area (Å²) < 4.78 is 0. The molecule has 6 nitrogen and oxygen atoms in total. The molecule has 3 rings (SSSR count). The SMILES string of the molecule is C=C/C(=C\C(=C/C)c1cnc(N)c(C(=N)C(=C)Nc2ccnc(C3=CCC=C3)c2C)c1)NC(C)C. The second-order valence-electron chi connectivity index (χ2n) is 8.61. The highest BCUT2D eigenvalue weighted by Gasteiger charge is 2.16. The number of nitrogens with one attached hydrogen (secondary N) is 3. The van der Waals surface area contributed by atoms with E-state index in [4.69, 9.17) is 11.1 Å². The topological polar surface area (TPSA) is 99.7 Å². The van der Waals surface area contributed by atoms with Crippen molar-refractivity contribution in [1.29, 1.82) is 5.41 Å². The molecule has 2 heterocycles. The molecule has 0 aliphatic heterocycles. The fraction of sp³-hybridized carbons (Fsp3) is 0.207. The molecule has 0 saturated carbocycles. The second-order valence-corrected chi connectivity index (χ2v) is 8.61. The van der Waals surface area contributed by atoms with Crippen LogP contribution in [0.15, 0.2) is 85.5 Å². The molecule has 0 saturated heterocycles. The largest absolute Gasteiger partial charge is 0.383 e. The summed E-state index contributed by atoms with van der Waals surface area (Å²) in [6.07, 6.45) is 16.5. The van der Waals surface area contributed by atoms with Crippen LogP contribution in [-0.4, -0.2) is 21.7 Å². The summed E-state index contributed by atoms with van der Waals surface area (Å²) in [7, 11) is 0. The monoisotopic (exact) mass is 466 g/mol. The van der Waals surface area contributed by atoms with Crippen LogP contribution in [-0.2, 0) is 0 Å². The number of pyridine rings is 2. The van der Waals surface area contributed by atoms with Gasteiger partial charge in [0.2, 0.25) is 0 Å². The van der Waals surface area contributed by atoms with Crippen LogP contribution in [0, 0.1) is 12.3 Å². The Morgan fingerprint density at radius 1 is 1.29 bits per heavy atom. The maximum Gasteiger partial charge on any atom is 0.132 e. The van der Waals surface area contributed by atoms with Gasteiger partial charge in [0.15, 0.2) is 0 Å². The van der Waals surface area contributed by atoms with Crippen molar-refractivity contribution in [1.82, 2.24) is 15.3 Å². The van der Waals surface area contributed by atoms with E-state index in [1.54, 1.807) is 18.5 Å². The van der Waals surface area contributed by atoms with Gasteiger partial charge in [-0.05, 0) is 75.1 Å². The molecule has 1 aliphatic rings. The predicted octanol–water partition coefficient (Wildman–Crippen LogP) is 6.18. The van der Waals surface area contributed by atoms with Crippen molar-refractivity contribution in [3.05, 3.63) is 108 Å². The molecular formula is C29H34N6. The molecular weight excluding hydrogens is 432 g/mol. The van der Waals surface area contributed by atoms with E-state index < -0.39 is 0 Å². The van der Waals surface area contributed by atoms with Crippen LogP contribution in [0.4, 0.5) is 11.5 Å².